The first-order chi connectivity index (χ1) is 14.0. The van der Waals surface area contributed by atoms with E-state index in [1.165, 1.54) is 16.6 Å². The number of benzene rings is 2. The average molecular weight is 392 g/mol. The zero-order chi connectivity index (χ0) is 20.8. The molecule has 0 aliphatic carbocycles. The van der Waals surface area contributed by atoms with Crippen LogP contribution in [0, 0.1) is 6.92 Å². The molecule has 0 saturated heterocycles. The van der Waals surface area contributed by atoms with Crippen LogP contribution in [-0.2, 0) is 28.9 Å². The minimum Gasteiger partial charge on any atom is -0.462 e. The van der Waals surface area contributed by atoms with Gasteiger partial charge in [0.2, 0.25) is 0 Å². The van der Waals surface area contributed by atoms with Crippen molar-refractivity contribution in [2.75, 3.05) is 12.3 Å². The van der Waals surface area contributed by atoms with Crippen LogP contribution in [0.4, 0.5) is 5.69 Å². The summed E-state index contributed by atoms with van der Waals surface area (Å²) in [6.07, 6.45) is 5.07. The molecule has 3 aromatic rings. The van der Waals surface area contributed by atoms with E-state index in [4.69, 9.17) is 10.5 Å². The summed E-state index contributed by atoms with van der Waals surface area (Å²) in [5, 5.41) is 0. The number of nitrogens with two attached hydrogens (primary N) is 1. The van der Waals surface area contributed by atoms with Gasteiger partial charge in [0.05, 0.1) is 24.0 Å². The number of carbonyl (C=O) groups is 1. The molecule has 0 radical (unpaired) electrons. The molecule has 0 fully saturated rings. The molecule has 0 atom stereocenters. The van der Waals surface area contributed by atoms with E-state index in [0.717, 1.165) is 36.9 Å². The average Bonchev–Trinajstić information content (AvgIpc) is 3.11. The topological polar surface area (TPSA) is 70.1 Å². The molecule has 0 spiro atoms. The number of hydrogen-bond donors (Lipinski definition) is 1. The molecule has 2 N–H and O–H groups in total. The molecular formula is C24H29N3O2. The normalized spacial score (nSPS) is 11.0. The highest BCUT2D eigenvalue weighted by Crippen LogP contribution is 2.21. The van der Waals surface area contributed by atoms with Crippen LogP contribution >= 0.6 is 0 Å². The number of hydrogen-bond acceptors (Lipinski definition) is 4. The van der Waals surface area contributed by atoms with Crippen LogP contribution in [0.3, 0.4) is 0 Å². The third-order valence-electron chi connectivity index (χ3n) is 5.04. The van der Waals surface area contributed by atoms with Crippen LogP contribution < -0.4 is 5.73 Å². The Morgan fingerprint density at radius 2 is 1.97 bits per heavy atom. The SMILES string of the molecule is C=C(Cc1ccc(N)cc1)C(=O)OCCCCn1cnc2c(CC)cc(C)cc21. The van der Waals surface area contributed by atoms with Crippen LogP contribution in [-0.4, -0.2) is 22.1 Å². The molecule has 0 bridgehead atoms. The van der Waals surface area contributed by atoms with Crippen molar-refractivity contribution < 1.29 is 9.53 Å². The van der Waals surface area contributed by atoms with E-state index in [1.807, 2.05) is 30.6 Å². The van der Waals surface area contributed by atoms with Gasteiger partial charge in [-0.15, -0.1) is 0 Å². The van der Waals surface area contributed by atoms with Gasteiger partial charge in [-0.25, -0.2) is 9.78 Å². The molecule has 0 saturated carbocycles. The predicted molar refractivity (Wildman–Crippen MR) is 118 cm³/mol. The summed E-state index contributed by atoms with van der Waals surface area (Å²) in [6, 6.07) is 11.8. The Bertz CT molecular complexity index is 1000. The van der Waals surface area contributed by atoms with Crippen LogP contribution in [0.1, 0.15) is 36.5 Å². The zero-order valence-corrected chi connectivity index (χ0v) is 17.3. The van der Waals surface area contributed by atoms with Gasteiger partial charge in [0.15, 0.2) is 0 Å². The Morgan fingerprint density at radius 1 is 1.21 bits per heavy atom. The Balaban J connectivity index is 1.44. The van der Waals surface area contributed by atoms with E-state index in [9.17, 15) is 4.79 Å². The van der Waals surface area contributed by atoms with E-state index in [-0.39, 0.29) is 5.97 Å². The number of aryl methyl sites for hydroxylation is 3. The molecule has 152 valence electrons. The first-order valence-electron chi connectivity index (χ1n) is 10.1. The molecule has 0 amide bonds. The summed E-state index contributed by atoms with van der Waals surface area (Å²) in [5.41, 5.74) is 12.6. The number of rotatable bonds is 9. The second kappa shape index (κ2) is 9.41. The maximum atomic E-state index is 12.1. The van der Waals surface area contributed by atoms with Crippen molar-refractivity contribution in [3.8, 4) is 0 Å². The molecule has 0 aliphatic rings. The lowest BCUT2D eigenvalue weighted by molar-refractivity contribution is -0.139. The Kier molecular flexibility index (Phi) is 6.70. The van der Waals surface area contributed by atoms with Gasteiger partial charge in [-0.1, -0.05) is 31.7 Å². The molecule has 1 heterocycles. The fourth-order valence-corrected chi connectivity index (χ4v) is 3.44. The number of imidazole rings is 1. The van der Waals surface area contributed by atoms with E-state index >= 15 is 0 Å². The molecule has 0 unspecified atom stereocenters. The summed E-state index contributed by atoms with van der Waals surface area (Å²) in [6.45, 7) is 9.37. The summed E-state index contributed by atoms with van der Waals surface area (Å²) >= 11 is 0. The van der Waals surface area contributed by atoms with Crippen molar-refractivity contribution in [2.24, 2.45) is 0 Å². The lowest BCUT2D eigenvalue weighted by Gasteiger charge is -2.09. The molecule has 0 aliphatic heterocycles. The molecule has 29 heavy (non-hydrogen) atoms. The summed E-state index contributed by atoms with van der Waals surface area (Å²) < 4.78 is 7.56. The molecule has 3 rings (SSSR count). The largest absolute Gasteiger partial charge is 0.462 e. The van der Waals surface area contributed by atoms with Gasteiger partial charge in [-0.2, -0.15) is 0 Å². The number of aromatic nitrogens is 2. The summed E-state index contributed by atoms with van der Waals surface area (Å²) in [4.78, 5) is 16.7. The number of nitrogens with zero attached hydrogens (tertiary/aromatic N) is 2. The van der Waals surface area contributed by atoms with Crippen LogP contribution in [0.2, 0.25) is 0 Å². The van der Waals surface area contributed by atoms with E-state index in [2.05, 4.69) is 42.1 Å². The van der Waals surface area contributed by atoms with Gasteiger partial charge in [-0.05, 0) is 61.1 Å². The zero-order valence-electron chi connectivity index (χ0n) is 17.3. The standard InChI is InChI=1S/C24H29N3O2/c1-4-20-13-17(2)14-22-23(20)26-16-27(22)11-5-6-12-29-24(28)18(3)15-19-7-9-21(25)10-8-19/h7-10,13-14,16H,3-6,11-12,15,25H2,1-2H3. The summed E-state index contributed by atoms with van der Waals surface area (Å²) in [7, 11) is 0. The van der Waals surface area contributed by atoms with Gasteiger partial charge in [0, 0.05) is 24.2 Å². The van der Waals surface area contributed by atoms with Crippen molar-refractivity contribution in [1.82, 2.24) is 9.55 Å². The highest BCUT2D eigenvalue weighted by atomic mass is 16.5. The van der Waals surface area contributed by atoms with Crippen LogP contribution in [0.5, 0.6) is 0 Å². The lowest BCUT2D eigenvalue weighted by Crippen LogP contribution is -2.10. The van der Waals surface area contributed by atoms with Crippen molar-refractivity contribution in [2.45, 2.75) is 46.1 Å². The molecular weight excluding hydrogens is 362 g/mol. The molecule has 5 nitrogen and oxygen atoms in total. The Morgan fingerprint density at radius 3 is 2.69 bits per heavy atom. The van der Waals surface area contributed by atoms with Crippen LogP contribution in [0.15, 0.2) is 54.9 Å². The number of ether oxygens (including phenoxy) is 1. The van der Waals surface area contributed by atoms with E-state index in [1.54, 1.807) is 0 Å². The maximum absolute atomic E-state index is 12.1. The maximum Gasteiger partial charge on any atom is 0.333 e. The number of anilines is 1. The monoisotopic (exact) mass is 391 g/mol. The first kappa shape index (κ1) is 20.6. The van der Waals surface area contributed by atoms with E-state index in [0.29, 0.717) is 24.3 Å². The van der Waals surface area contributed by atoms with Gasteiger partial charge < -0.3 is 15.0 Å². The second-order valence-corrected chi connectivity index (χ2v) is 7.45. The quantitative estimate of drug-likeness (QED) is 0.250. The second-order valence-electron chi connectivity index (χ2n) is 7.45. The van der Waals surface area contributed by atoms with Crippen molar-refractivity contribution in [1.29, 1.82) is 0 Å². The highest BCUT2D eigenvalue weighted by Gasteiger charge is 2.10. The summed E-state index contributed by atoms with van der Waals surface area (Å²) in [5.74, 6) is -0.335. The van der Waals surface area contributed by atoms with Crippen molar-refractivity contribution >= 4 is 22.7 Å². The predicted octanol–water partition coefficient (Wildman–Crippen LogP) is 4.61. The van der Waals surface area contributed by atoms with Crippen LogP contribution in [0.25, 0.3) is 11.0 Å². The van der Waals surface area contributed by atoms with E-state index < -0.39 is 0 Å². The Hall–Kier alpha value is -3.08. The van der Waals surface area contributed by atoms with Gasteiger partial charge >= 0.3 is 5.97 Å². The molecule has 1 aromatic heterocycles. The smallest absolute Gasteiger partial charge is 0.333 e. The van der Waals surface area contributed by atoms with Gasteiger partial charge in [0.25, 0.3) is 0 Å². The highest BCUT2D eigenvalue weighted by molar-refractivity contribution is 5.88. The first-order valence-corrected chi connectivity index (χ1v) is 10.1. The van der Waals surface area contributed by atoms with Crippen molar-refractivity contribution in [3.05, 3.63) is 71.6 Å². The number of esters is 1. The number of nitrogen functional groups attached to an aromatic ring is 1. The number of fused-ring (bicyclic) bond motifs is 1. The third kappa shape index (κ3) is 5.25. The Labute approximate surface area is 172 Å². The minimum absolute atomic E-state index is 0.335. The molecule has 5 heteroatoms. The van der Waals surface area contributed by atoms with Crippen molar-refractivity contribution in [3.63, 3.8) is 0 Å². The minimum atomic E-state index is -0.335. The fraction of sp³-hybridized carbons (Fsp3) is 0.333. The lowest BCUT2D eigenvalue weighted by atomic mass is 10.1. The number of unbranched alkanes of at least 4 members (excludes halogenated alkanes) is 1. The fourth-order valence-electron chi connectivity index (χ4n) is 3.44. The van der Waals surface area contributed by atoms with Gasteiger partial charge in [-0.3, -0.25) is 0 Å². The molecule has 2 aromatic carbocycles. The van der Waals surface area contributed by atoms with Gasteiger partial charge in [0.1, 0.15) is 0 Å². The number of carbonyl (C=O) groups excluding carboxylic acids is 1. The third-order valence-corrected chi connectivity index (χ3v) is 5.04.